The van der Waals surface area contributed by atoms with Crippen molar-refractivity contribution in [1.82, 2.24) is 4.90 Å². The minimum atomic E-state index is -0.147. The fourth-order valence-corrected chi connectivity index (χ4v) is 3.15. The van der Waals surface area contributed by atoms with Gasteiger partial charge in [0.2, 0.25) is 5.91 Å². The number of amides is 2. The van der Waals surface area contributed by atoms with Crippen molar-refractivity contribution in [3.63, 3.8) is 0 Å². The Morgan fingerprint density at radius 2 is 1.73 bits per heavy atom. The van der Waals surface area contributed by atoms with Crippen LogP contribution in [0.1, 0.15) is 34.3 Å². The highest BCUT2D eigenvalue weighted by molar-refractivity contribution is 6.05. The van der Waals surface area contributed by atoms with Crippen LogP contribution in [0.3, 0.4) is 0 Å². The van der Waals surface area contributed by atoms with Crippen molar-refractivity contribution in [2.24, 2.45) is 0 Å². The lowest BCUT2D eigenvalue weighted by molar-refractivity contribution is -0.115. The molecule has 1 aliphatic heterocycles. The van der Waals surface area contributed by atoms with Crippen molar-refractivity contribution >= 4 is 35.6 Å². The molecule has 2 aromatic carbocycles. The van der Waals surface area contributed by atoms with E-state index in [-0.39, 0.29) is 30.6 Å². The van der Waals surface area contributed by atoms with Crippen LogP contribution in [0, 0.1) is 6.92 Å². The Morgan fingerprint density at radius 3 is 2.38 bits per heavy atom. The molecule has 1 aliphatic rings. The summed E-state index contributed by atoms with van der Waals surface area (Å²) in [6, 6.07) is 12.8. The van der Waals surface area contributed by atoms with Gasteiger partial charge in [-0.25, -0.2) is 0 Å². The quantitative estimate of drug-likeness (QED) is 0.806. The number of nitrogens with two attached hydrogens (primary N) is 1. The lowest BCUT2D eigenvalue weighted by Gasteiger charge is -2.19. The number of carbonyl (C=O) groups is 2. The fourth-order valence-electron chi connectivity index (χ4n) is 3.15. The highest BCUT2D eigenvalue weighted by Gasteiger charge is 2.24. The van der Waals surface area contributed by atoms with Crippen LogP contribution in [0.15, 0.2) is 42.5 Å². The van der Waals surface area contributed by atoms with Gasteiger partial charge in [-0.2, -0.15) is 0 Å². The summed E-state index contributed by atoms with van der Waals surface area (Å²) in [7, 11) is 0. The number of carbonyl (C=O) groups excluding carboxylic acids is 2. The smallest absolute Gasteiger partial charge is 0.256 e. The molecular formula is C20H24ClN3O2. The molecule has 0 unspecified atom stereocenters. The number of benzene rings is 2. The Bertz CT molecular complexity index is 784. The normalized spacial score (nSPS) is 13.2. The molecule has 138 valence electrons. The van der Waals surface area contributed by atoms with Gasteiger partial charge in [-0.15, -0.1) is 12.4 Å². The highest BCUT2D eigenvalue weighted by Crippen LogP contribution is 2.24. The Hall–Kier alpha value is -2.53. The van der Waals surface area contributed by atoms with E-state index in [2.05, 4.69) is 5.32 Å². The van der Waals surface area contributed by atoms with E-state index >= 15 is 0 Å². The van der Waals surface area contributed by atoms with E-state index in [4.69, 9.17) is 5.73 Å². The second-order valence-electron chi connectivity index (χ2n) is 6.46. The zero-order valence-corrected chi connectivity index (χ0v) is 15.6. The predicted octanol–water partition coefficient (Wildman–Crippen LogP) is 3.42. The van der Waals surface area contributed by atoms with E-state index in [1.807, 2.05) is 36.1 Å². The molecule has 0 radical (unpaired) electrons. The Morgan fingerprint density at radius 1 is 1.08 bits per heavy atom. The number of nitrogen functional groups attached to an aromatic ring is 1. The summed E-state index contributed by atoms with van der Waals surface area (Å²) in [6.45, 7) is 3.47. The summed E-state index contributed by atoms with van der Waals surface area (Å²) in [5.41, 5.74) is 9.27. The van der Waals surface area contributed by atoms with Gasteiger partial charge in [-0.1, -0.05) is 24.3 Å². The Kier molecular flexibility index (Phi) is 6.64. The van der Waals surface area contributed by atoms with Crippen LogP contribution in [0.2, 0.25) is 0 Å². The van der Waals surface area contributed by atoms with Gasteiger partial charge in [-0.3, -0.25) is 9.59 Å². The standard InChI is InChI=1S/C20H23N3O2.ClH/c1-14-5-4-6-17(19(14)20(25)23-11-2-3-12-23)22-18(24)13-15-7-9-16(21)10-8-15;/h4-10H,2-3,11-13,21H2,1H3,(H,22,24);1H. The topological polar surface area (TPSA) is 75.4 Å². The molecule has 0 atom stereocenters. The maximum absolute atomic E-state index is 12.8. The summed E-state index contributed by atoms with van der Waals surface area (Å²) in [4.78, 5) is 27.1. The largest absolute Gasteiger partial charge is 0.399 e. The van der Waals surface area contributed by atoms with E-state index < -0.39 is 0 Å². The number of likely N-dealkylation sites (tertiary alicyclic amines) is 1. The van der Waals surface area contributed by atoms with Gasteiger partial charge in [-0.05, 0) is 49.1 Å². The number of anilines is 2. The molecule has 0 aromatic heterocycles. The van der Waals surface area contributed by atoms with Gasteiger partial charge < -0.3 is 16.0 Å². The van der Waals surface area contributed by atoms with Crippen molar-refractivity contribution in [3.8, 4) is 0 Å². The molecule has 1 saturated heterocycles. The van der Waals surface area contributed by atoms with Crippen molar-refractivity contribution in [2.45, 2.75) is 26.2 Å². The van der Waals surface area contributed by atoms with Gasteiger partial charge in [0.1, 0.15) is 0 Å². The minimum Gasteiger partial charge on any atom is -0.399 e. The van der Waals surface area contributed by atoms with Crippen LogP contribution >= 0.6 is 12.4 Å². The number of hydrogen-bond donors (Lipinski definition) is 2. The summed E-state index contributed by atoms with van der Waals surface area (Å²) in [6.07, 6.45) is 2.32. The second kappa shape index (κ2) is 8.72. The van der Waals surface area contributed by atoms with Gasteiger partial charge in [0.05, 0.1) is 17.7 Å². The monoisotopic (exact) mass is 373 g/mol. The van der Waals surface area contributed by atoms with Gasteiger partial charge >= 0.3 is 0 Å². The maximum atomic E-state index is 12.8. The molecule has 3 N–H and O–H groups in total. The molecule has 3 rings (SSSR count). The van der Waals surface area contributed by atoms with E-state index in [1.165, 1.54) is 0 Å². The number of aryl methyl sites for hydroxylation is 1. The van der Waals surface area contributed by atoms with Crippen LogP contribution in [0.25, 0.3) is 0 Å². The summed E-state index contributed by atoms with van der Waals surface area (Å²) >= 11 is 0. The molecule has 2 aromatic rings. The van der Waals surface area contributed by atoms with Crippen molar-refractivity contribution in [3.05, 3.63) is 59.2 Å². The van der Waals surface area contributed by atoms with Crippen molar-refractivity contribution in [2.75, 3.05) is 24.1 Å². The SMILES string of the molecule is Cc1cccc(NC(=O)Cc2ccc(N)cc2)c1C(=O)N1CCCC1.Cl. The molecule has 1 heterocycles. The van der Waals surface area contributed by atoms with Crippen LogP contribution in [-0.4, -0.2) is 29.8 Å². The number of halogens is 1. The zero-order valence-electron chi connectivity index (χ0n) is 14.8. The van der Waals surface area contributed by atoms with E-state index in [9.17, 15) is 9.59 Å². The van der Waals surface area contributed by atoms with Crippen molar-refractivity contribution in [1.29, 1.82) is 0 Å². The minimum absolute atomic E-state index is 0. The molecule has 0 bridgehead atoms. The summed E-state index contributed by atoms with van der Waals surface area (Å²) in [5, 5.41) is 2.90. The molecule has 2 amide bonds. The number of nitrogens with zero attached hydrogens (tertiary/aromatic N) is 1. The van der Waals surface area contributed by atoms with Gasteiger partial charge in [0.25, 0.3) is 5.91 Å². The maximum Gasteiger partial charge on any atom is 0.256 e. The first-order valence-electron chi connectivity index (χ1n) is 8.58. The lowest BCUT2D eigenvalue weighted by atomic mass is 10.0. The van der Waals surface area contributed by atoms with Crippen LogP contribution < -0.4 is 11.1 Å². The van der Waals surface area contributed by atoms with Crippen LogP contribution in [0.5, 0.6) is 0 Å². The third-order valence-electron chi connectivity index (χ3n) is 4.50. The van der Waals surface area contributed by atoms with Crippen LogP contribution in [0.4, 0.5) is 11.4 Å². The van der Waals surface area contributed by atoms with E-state index in [1.54, 1.807) is 18.2 Å². The number of nitrogens with one attached hydrogen (secondary N) is 1. The average molecular weight is 374 g/mol. The van der Waals surface area contributed by atoms with E-state index in [0.717, 1.165) is 37.1 Å². The molecule has 6 heteroatoms. The molecule has 1 fully saturated rings. The second-order valence-corrected chi connectivity index (χ2v) is 6.46. The van der Waals surface area contributed by atoms with Gasteiger partial charge in [0, 0.05) is 18.8 Å². The predicted molar refractivity (Wildman–Crippen MR) is 107 cm³/mol. The fraction of sp³-hybridized carbons (Fsp3) is 0.300. The number of hydrogen-bond acceptors (Lipinski definition) is 3. The first-order valence-corrected chi connectivity index (χ1v) is 8.58. The molecule has 0 spiro atoms. The highest BCUT2D eigenvalue weighted by atomic mass is 35.5. The average Bonchev–Trinajstić information content (AvgIpc) is 3.11. The lowest BCUT2D eigenvalue weighted by Crippen LogP contribution is -2.29. The molecular weight excluding hydrogens is 350 g/mol. The third-order valence-corrected chi connectivity index (χ3v) is 4.50. The zero-order chi connectivity index (χ0) is 17.8. The summed E-state index contributed by atoms with van der Waals surface area (Å²) < 4.78 is 0. The number of rotatable bonds is 4. The molecule has 26 heavy (non-hydrogen) atoms. The Labute approximate surface area is 160 Å². The molecule has 0 saturated carbocycles. The van der Waals surface area contributed by atoms with E-state index in [0.29, 0.717) is 16.9 Å². The van der Waals surface area contributed by atoms with Crippen molar-refractivity contribution < 1.29 is 9.59 Å². The Balaban J connectivity index is 0.00000243. The molecule has 0 aliphatic carbocycles. The summed E-state index contributed by atoms with van der Waals surface area (Å²) in [5.74, 6) is -0.149. The van der Waals surface area contributed by atoms with Gasteiger partial charge in [0.15, 0.2) is 0 Å². The van der Waals surface area contributed by atoms with Crippen LogP contribution in [-0.2, 0) is 11.2 Å². The third kappa shape index (κ3) is 4.55. The first-order chi connectivity index (χ1) is 12.0. The first kappa shape index (κ1) is 19.8. The molecule has 5 nitrogen and oxygen atoms in total.